The van der Waals surface area contributed by atoms with Gasteiger partial charge in [0.15, 0.2) is 0 Å². The topological polar surface area (TPSA) is 32.3 Å². The smallest absolute Gasteiger partial charge is 0.222 e. The number of amides is 1. The maximum absolute atomic E-state index is 11.8. The third-order valence-electron chi connectivity index (χ3n) is 3.98. The van der Waals surface area contributed by atoms with Crippen LogP contribution in [0.1, 0.15) is 51.9 Å². The molecule has 1 saturated carbocycles. The molecule has 2 fully saturated rings. The molecule has 0 bridgehead atoms. The van der Waals surface area contributed by atoms with Crippen molar-refractivity contribution in [3.05, 3.63) is 0 Å². The van der Waals surface area contributed by atoms with E-state index in [-0.39, 0.29) is 12.4 Å². The van der Waals surface area contributed by atoms with Gasteiger partial charge in [0.2, 0.25) is 5.91 Å². The number of halogens is 1. The zero-order valence-corrected chi connectivity index (χ0v) is 12.3. The monoisotopic (exact) mass is 274 g/mol. The Hall–Kier alpha value is -0.280. The van der Waals surface area contributed by atoms with Crippen molar-refractivity contribution in [2.24, 2.45) is 5.92 Å². The van der Waals surface area contributed by atoms with Crippen molar-refractivity contribution in [2.75, 3.05) is 19.6 Å². The Morgan fingerprint density at radius 2 is 1.89 bits per heavy atom. The fraction of sp³-hybridized carbons (Fsp3) is 0.929. The molecule has 0 spiro atoms. The minimum Gasteiger partial charge on any atom is -0.343 e. The van der Waals surface area contributed by atoms with E-state index in [9.17, 15) is 4.79 Å². The Morgan fingerprint density at radius 3 is 2.44 bits per heavy atom. The maximum atomic E-state index is 11.8. The van der Waals surface area contributed by atoms with E-state index in [0.29, 0.717) is 11.9 Å². The van der Waals surface area contributed by atoms with Crippen LogP contribution in [0.5, 0.6) is 0 Å². The highest BCUT2D eigenvalue weighted by Gasteiger charge is 2.25. The van der Waals surface area contributed by atoms with Crippen LogP contribution in [0.25, 0.3) is 0 Å². The fourth-order valence-electron chi connectivity index (χ4n) is 2.47. The van der Waals surface area contributed by atoms with Gasteiger partial charge in [-0.25, -0.2) is 0 Å². The van der Waals surface area contributed by atoms with Gasteiger partial charge in [-0.05, 0) is 44.6 Å². The van der Waals surface area contributed by atoms with E-state index in [4.69, 9.17) is 0 Å². The van der Waals surface area contributed by atoms with Gasteiger partial charge in [-0.15, -0.1) is 12.4 Å². The maximum Gasteiger partial charge on any atom is 0.222 e. The van der Waals surface area contributed by atoms with Crippen LogP contribution in [0, 0.1) is 5.92 Å². The number of rotatable bonds is 6. The van der Waals surface area contributed by atoms with E-state index >= 15 is 0 Å². The van der Waals surface area contributed by atoms with Gasteiger partial charge < -0.3 is 10.2 Å². The molecule has 0 aromatic heterocycles. The van der Waals surface area contributed by atoms with Crippen LogP contribution in [-0.4, -0.2) is 36.5 Å². The summed E-state index contributed by atoms with van der Waals surface area (Å²) < 4.78 is 0. The third kappa shape index (κ3) is 5.15. The first-order chi connectivity index (χ1) is 8.29. The second-order valence-electron chi connectivity index (χ2n) is 5.61. The normalized spacial score (nSPS) is 20.6. The Bertz CT molecular complexity index is 248. The molecule has 1 saturated heterocycles. The van der Waals surface area contributed by atoms with Gasteiger partial charge in [-0.2, -0.15) is 0 Å². The molecule has 3 nitrogen and oxygen atoms in total. The van der Waals surface area contributed by atoms with Crippen molar-refractivity contribution < 1.29 is 4.79 Å². The summed E-state index contributed by atoms with van der Waals surface area (Å²) in [6.07, 6.45) is 8.03. The molecule has 4 heteroatoms. The summed E-state index contributed by atoms with van der Waals surface area (Å²) in [6, 6.07) is 0.658. The first kappa shape index (κ1) is 15.8. The number of carbonyl (C=O) groups is 1. The minimum atomic E-state index is 0. The van der Waals surface area contributed by atoms with Gasteiger partial charge in [-0.3, -0.25) is 4.79 Å². The van der Waals surface area contributed by atoms with Crippen molar-refractivity contribution in [3.63, 3.8) is 0 Å². The predicted octanol–water partition coefficient (Wildman–Crippen LogP) is 2.59. The molecule has 0 radical (unpaired) electrons. The zero-order valence-electron chi connectivity index (χ0n) is 11.5. The van der Waals surface area contributed by atoms with Crippen LogP contribution in [0.15, 0.2) is 0 Å². The number of hydrogen-bond acceptors (Lipinski definition) is 2. The highest BCUT2D eigenvalue weighted by Crippen LogP contribution is 2.28. The molecule has 0 aromatic rings. The van der Waals surface area contributed by atoms with E-state index < -0.39 is 0 Å². The Kier molecular flexibility index (Phi) is 7.02. The van der Waals surface area contributed by atoms with Crippen molar-refractivity contribution in [3.8, 4) is 0 Å². The summed E-state index contributed by atoms with van der Waals surface area (Å²) >= 11 is 0. The summed E-state index contributed by atoms with van der Waals surface area (Å²) in [5.74, 6) is 1.33. The number of nitrogens with zero attached hydrogens (tertiary/aromatic N) is 1. The number of piperidine rings is 1. The zero-order chi connectivity index (χ0) is 12.1. The molecule has 18 heavy (non-hydrogen) atoms. The van der Waals surface area contributed by atoms with E-state index in [0.717, 1.165) is 51.1 Å². The van der Waals surface area contributed by atoms with Crippen molar-refractivity contribution in [1.29, 1.82) is 0 Å². The van der Waals surface area contributed by atoms with Crippen molar-refractivity contribution in [1.82, 2.24) is 10.2 Å². The predicted molar refractivity (Wildman–Crippen MR) is 77.1 cm³/mol. The first-order valence-electron chi connectivity index (χ1n) is 7.30. The van der Waals surface area contributed by atoms with E-state index in [1.54, 1.807) is 0 Å². The van der Waals surface area contributed by atoms with Crippen molar-refractivity contribution >= 4 is 18.3 Å². The average Bonchev–Trinajstić information content (AvgIpc) is 3.18. The minimum absolute atomic E-state index is 0. The average molecular weight is 275 g/mol. The largest absolute Gasteiger partial charge is 0.343 e. The van der Waals surface area contributed by atoms with Gasteiger partial charge >= 0.3 is 0 Å². The lowest BCUT2D eigenvalue weighted by molar-refractivity contribution is -0.132. The Morgan fingerprint density at radius 1 is 1.22 bits per heavy atom. The van der Waals surface area contributed by atoms with Crippen LogP contribution in [0.4, 0.5) is 0 Å². The highest BCUT2D eigenvalue weighted by molar-refractivity contribution is 5.85. The molecule has 1 amide bonds. The van der Waals surface area contributed by atoms with Gasteiger partial charge in [0.25, 0.3) is 0 Å². The highest BCUT2D eigenvalue weighted by atomic mass is 35.5. The molecule has 0 atom stereocenters. The van der Waals surface area contributed by atoms with Gasteiger partial charge in [0.1, 0.15) is 0 Å². The molecule has 2 rings (SSSR count). The van der Waals surface area contributed by atoms with Crippen molar-refractivity contribution in [2.45, 2.75) is 57.9 Å². The molecule has 1 N–H and O–H groups in total. The Balaban J connectivity index is 0.00000162. The first-order valence-corrected chi connectivity index (χ1v) is 7.30. The van der Waals surface area contributed by atoms with E-state index in [2.05, 4.69) is 17.1 Å². The van der Waals surface area contributed by atoms with E-state index in [1.165, 1.54) is 19.4 Å². The molecule has 2 aliphatic rings. The summed E-state index contributed by atoms with van der Waals surface area (Å²) in [7, 11) is 0. The molecular weight excluding hydrogens is 248 g/mol. The van der Waals surface area contributed by atoms with Crippen LogP contribution in [0.3, 0.4) is 0 Å². The SMILES string of the molecule is CCCCC(=O)N1CCC(NCC2CC2)CC1.Cl. The fourth-order valence-corrected chi connectivity index (χ4v) is 2.47. The summed E-state index contributed by atoms with van der Waals surface area (Å²) in [4.78, 5) is 13.9. The summed E-state index contributed by atoms with van der Waals surface area (Å²) in [5.41, 5.74) is 0. The van der Waals surface area contributed by atoms with E-state index in [1.807, 2.05) is 0 Å². The van der Waals surface area contributed by atoms with Crippen LogP contribution >= 0.6 is 12.4 Å². The lowest BCUT2D eigenvalue weighted by Crippen LogP contribution is -2.45. The Labute approximate surface area is 117 Å². The molecular formula is C14H27ClN2O. The van der Waals surface area contributed by atoms with Crippen LogP contribution in [0.2, 0.25) is 0 Å². The van der Waals surface area contributed by atoms with Crippen LogP contribution in [-0.2, 0) is 4.79 Å². The molecule has 106 valence electrons. The standard InChI is InChI=1S/C14H26N2O.ClH/c1-2-3-4-14(17)16-9-7-13(8-10-16)15-11-12-5-6-12;/h12-13,15H,2-11H2,1H3;1H. The van der Waals surface area contributed by atoms with Gasteiger partial charge in [0, 0.05) is 25.6 Å². The van der Waals surface area contributed by atoms with Crippen LogP contribution < -0.4 is 5.32 Å². The second kappa shape index (κ2) is 8.00. The molecule has 1 aliphatic carbocycles. The lowest BCUT2D eigenvalue weighted by Gasteiger charge is -2.32. The number of carbonyl (C=O) groups excluding carboxylic acids is 1. The molecule has 1 heterocycles. The van der Waals surface area contributed by atoms with Gasteiger partial charge in [-0.1, -0.05) is 13.3 Å². The lowest BCUT2D eigenvalue weighted by atomic mass is 10.0. The summed E-state index contributed by atoms with van der Waals surface area (Å²) in [5, 5.41) is 3.65. The quantitative estimate of drug-likeness (QED) is 0.807. The molecule has 0 unspecified atom stereocenters. The number of nitrogens with one attached hydrogen (secondary N) is 1. The number of hydrogen-bond donors (Lipinski definition) is 1. The third-order valence-corrected chi connectivity index (χ3v) is 3.98. The number of likely N-dealkylation sites (tertiary alicyclic amines) is 1. The molecule has 1 aliphatic heterocycles. The summed E-state index contributed by atoms with van der Waals surface area (Å²) in [6.45, 7) is 5.27. The second-order valence-corrected chi connectivity index (χ2v) is 5.61. The number of unbranched alkanes of at least 4 members (excludes halogenated alkanes) is 1. The molecule has 0 aromatic carbocycles. The van der Waals surface area contributed by atoms with Gasteiger partial charge in [0.05, 0.1) is 0 Å².